The van der Waals surface area contributed by atoms with E-state index in [0.717, 1.165) is 30.0 Å². The molecule has 1 saturated carbocycles. The van der Waals surface area contributed by atoms with E-state index in [1.54, 1.807) is 23.3 Å². The number of amides is 2. The second kappa shape index (κ2) is 6.54. The maximum absolute atomic E-state index is 12.0. The van der Waals surface area contributed by atoms with Crippen molar-refractivity contribution in [3.8, 4) is 0 Å². The summed E-state index contributed by atoms with van der Waals surface area (Å²) in [5.74, 6) is 0.218. The van der Waals surface area contributed by atoms with Gasteiger partial charge >= 0.3 is 6.03 Å². The van der Waals surface area contributed by atoms with Crippen LogP contribution in [0.1, 0.15) is 34.8 Å². The Hall–Kier alpha value is -1.14. The van der Waals surface area contributed by atoms with E-state index in [4.69, 9.17) is 0 Å². The van der Waals surface area contributed by atoms with Crippen LogP contribution in [0.3, 0.4) is 0 Å². The van der Waals surface area contributed by atoms with Crippen LogP contribution in [-0.2, 0) is 6.54 Å². The van der Waals surface area contributed by atoms with Gasteiger partial charge in [0.05, 0.1) is 18.3 Å². The average Bonchev–Trinajstić information content (AvgIpc) is 2.94. The van der Waals surface area contributed by atoms with Crippen molar-refractivity contribution >= 4 is 17.4 Å². The molecule has 6 heteroatoms. The number of rotatable bonds is 4. The molecule has 0 bridgehead atoms. The molecular formula is C14H23N3O2S. The Bertz CT molecular complexity index is 455. The smallest absolute Gasteiger partial charge is 0.317 e. The number of nitrogens with zero attached hydrogens (tertiary/aromatic N) is 2. The van der Waals surface area contributed by atoms with E-state index in [9.17, 15) is 9.90 Å². The van der Waals surface area contributed by atoms with Crippen LogP contribution in [0.25, 0.3) is 0 Å². The monoisotopic (exact) mass is 297 g/mol. The molecule has 2 unspecified atom stereocenters. The fraction of sp³-hybridized carbons (Fsp3) is 0.714. The molecule has 0 aromatic carbocycles. The molecule has 20 heavy (non-hydrogen) atoms. The standard InChI is InChI=1S/C14H23N3O2S/c1-9-10(2)20-13(16-9)7-15-14(19)17(3)8-11-5-4-6-12(11)18/h11-12,18H,4-8H2,1-3H3,(H,15,19). The van der Waals surface area contributed by atoms with Crippen molar-refractivity contribution in [3.05, 3.63) is 15.6 Å². The molecule has 2 amide bonds. The summed E-state index contributed by atoms with van der Waals surface area (Å²) >= 11 is 1.62. The van der Waals surface area contributed by atoms with Gasteiger partial charge in [-0.05, 0) is 26.7 Å². The molecular weight excluding hydrogens is 274 g/mol. The maximum atomic E-state index is 12.0. The first-order valence-corrected chi connectivity index (χ1v) is 7.89. The number of thiazole rings is 1. The molecule has 5 nitrogen and oxygen atoms in total. The minimum Gasteiger partial charge on any atom is -0.393 e. The Morgan fingerprint density at radius 1 is 1.50 bits per heavy atom. The number of hydrogen-bond acceptors (Lipinski definition) is 4. The SMILES string of the molecule is Cc1nc(CNC(=O)N(C)CC2CCCC2O)sc1C. The molecule has 1 aliphatic carbocycles. The van der Waals surface area contributed by atoms with E-state index in [2.05, 4.69) is 10.3 Å². The van der Waals surface area contributed by atoms with Gasteiger partial charge in [0, 0.05) is 24.4 Å². The van der Waals surface area contributed by atoms with Gasteiger partial charge < -0.3 is 15.3 Å². The second-order valence-corrected chi connectivity index (χ2v) is 6.83. The van der Waals surface area contributed by atoms with Gasteiger partial charge in [0.25, 0.3) is 0 Å². The van der Waals surface area contributed by atoms with Crippen molar-refractivity contribution in [1.29, 1.82) is 0 Å². The van der Waals surface area contributed by atoms with Crippen molar-refractivity contribution in [2.24, 2.45) is 5.92 Å². The third kappa shape index (κ3) is 3.70. The fourth-order valence-electron chi connectivity index (χ4n) is 2.57. The van der Waals surface area contributed by atoms with Gasteiger partial charge in [0.15, 0.2) is 0 Å². The lowest BCUT2D eigenvalue weighted by atomic mass is 10.1. The highest BCUT2D eigenvalue weighted by molar-refractivity contribution is 7.11. The molecule has 1 aromatic heterocycles. The number of nitrogens with one attached hydrogen (secondary N) is 1. The molecule has 2 N–H and O–H groups in total. The summed E-state index contributed by atoms with van der Waals surface area (Å²) < 4.78 is 0. The van der Waals surface area contributed by atoms with Gasteiger partial charge in [0.1, 0.15) is 5.01 Å². The molecule has 2 atom stereocenters. The predicted molar refractivity (Wildman–Crippen MR) is 79.8 cm³/mol. The summed E-state index contributed by atoms with van der Waals surface area (Å²) in [5.41, 5.74) is 1.03. The first-order chi connectivity index (χ1) is 9.47. The Labute approximate surface area is 124 Å². The minimum absolute atomic E-state index is 0.102. The molecule has 0 radical (unpaired) electrons. The van der Waals surface area contributed by atoms with E-state index in [-0.39, 0.29) is 18.1 Å². The van der Waals surface area contributed by atoms with Crippen molar-refractivity contribution in [2.75, 3.05) is 13.6 Å². The normalized spacial score (nSPS) is 22.0. The maximum Gasteiger partial charge on any atom is 0.317 e. The summed E-state index contributed by atoms with van der Waals surface area (Å²) in [7, 11) is 1.78. The van der Waals surface area contributed by atoms with E-state index < -0.39 is 0 Å². The second-order valence-electron chi connectivity index (χ2n) is 5.55. The molecule has 0 saturated heterocycles. The lowest BCUT2D eigenvalue weighted by molar-refractivity contribution is 0.114. The van der Waals surface area contributed by atoms with E-state index in [1.807, 2.05) is 13.8 Å². The quantitative estimate of drug-likeness (QED) is 0.894. The number of hydrogen-bond donors (Lipinski definition) is 2. The van der Waals surface area contributed by atoms with E-state index in [0.29, 0.717) is 13.1 Å². The third-order valence-electron chi connectivity index (χ3n) is 3.94. The predicted octanol–water partition coefficient (Wildman–Crippen LogP) is 2.06. The Kier molecular flexibility index (Phi) is 4.99. The van der Waals surface area contributed by atoms with Crippen LogP contribution in [0, 0.1) is 19.8 Å². The molecule has 1 fully saturated rings. The van der Waals surface area contributed by atoms with Crippen LogP contribution < -0.4 is 5.32 Å². The zero-order valence-corrected chi connectivity index (χ0v) is 13.2. The lowest BCUT2D eigenvalue weighted by Crippen LogP contribution is -2.40. The number of carbonyl (C=O) groups is 1. The van der Waals surface area contributed by atoms with Gasteiger partial charge in [-0.1, -0.05) is 6.42 Å². The Balaban J connectivity index is 1.79. The Morgan fingerprint density at radius 2 is 2.25 bits per heavy atom. The van der Waals surface area contributed by atoms with Crippen molar-refractivity contribution < 1.29 is 9.90 Å². The number of carbonyl (C=O) groups excluding carboxylic acids is 1. The molecule has 0 aliphatic heterocycles. The van der Waals surface area contributed by atoms with E-state index >= 15 is 0 Å². The summed E-state index contributed by atoms with van der Waals surface area (Å²) in [5, 5.41) is 13.6. The number of aromatic nitrogens is 1. The van der Waals surface area contributed by atoms with Crippen LogP contribution >= 0.6 is 11.3 Å². The van der Waals surface area contributed by atoms with Gasteiger partial charge in [-0.2, -0.15) is 0 Å². The number of aliphatic hydroxyl groups excluding tert-OH is 1. The molecule has 1 heterocycles. The summed E-state index contributed by atoms with van der Waals surface area (Å²) in [6.07, 6.45) is 2.66. The van der Waals surface area contributed by atoms with E-state index in [1.165, 1.54) is 4.88 Å². The number of aryl methyl sites for hydroxylation is 2. The molecule has 0 spiro atoms. The number of urea groups is 1. The van der Waals surface area contributed by atoms with Crippen molar-refractivity contribution in [2.45, 2.75) is 45.8 Å². The molecule has 1 aromatic rings. The average molecular weight is 297 g/mol. The minimum atomic E-state index is -0.255. The highest BCUT2D eigenvalue weighted by Crippen LogP contribution is 2.26. The third-order valence-corrected chi connectivity index (χ3v) is 5.01. The summed E-state index contributed by atoms with van der Waals surface area (Å²) in [6, 6.07) is -0.102. The van der Waals surface area contributed by atoms with Crippen LogP contribution in [0.2, 0.25) is 0 Å². The van der Waals surface area contributed by atoms with Crippen LogP contribution in [-0.4, -0.2) is 40.7 Å². The molecule has 2 rings (SSSR count). The van der Waals surface area contributed by atoms with Gasteiger partial charge in [-0.25, -0.2) is 9.78 Å². The first-order valence-electron chi connectivity index (χ1n) is 7.07. The largest absolute Gasteiger partial charge is 0.393 e. The highest BCUT2D eigenvalue weighted by Gasteiger charge is 2.27. The Morgan fingerprint density at radius 3 is 2.80 bits per heavy atom. The van der Waals surface area contributed by atoms with Crippen molar-refractivity contribution in [3.63, 3.8) is 0 Å². The fourth-order valence-corrected chi connectivity index (χ4v) is 3.44. The first kappa shape index (κ1) is 15.3. The summed E-state index contributed by atoms with van der Waals surface area (Å²) in [6.45, 7) is 5.09. The van der Waals surface area contributed by atoms with Gasteiger partial charge in [-0.15, -0.1) is 11.3 Å². The zero-order valence-electron chi connectivity index (χ0n) is 12.3. The molecule has 112 valence electrons. The van der Waals surface area contributed by atoms with Crippen LogP contribution in [0.15, 0.2) is 0 Å². The van der Waals surface area contributed by atoms with Crippen molar-refractivity contribution in [1.82, 2.24) is 15.2 Å². The number of aliphatic hydroxyl groups is 1. The van der Waals surface area contributed by atoms with Gasteiger partial charge in [0.2, 0.25) is 0 Å². The van der Waals surface area contributed by atoms with Crippen LogP contribution in [0.5, 0.6) is 0 Å². The molecule has 1 aliphatic rings. The summed E-state index contributed by atoms with van der Waals surface area (Å²) in [4.78, 5) is 19.3. The highest BCUT2D eigenvalue weighted by atomic mass is 32.1. The zero-order chi connectivity index (χ0) is 14.7. The van der Waals surface area contributed by atoms with Gasteiger partial charge in [-0.3, -0.25) is 0 Å². The lowest BCUT2D eigenvalue weighted by Gasteiger charge is -2.23. The topological polar surface area (TPSA) is 65.5 Å². The van der Waals surface area contributed by atoms with Crippen LogP contribution in [0.4, 0.5) is 4.79 Å².